The molecule has 0 unspecified atom stereocenters. The number of imidazole rings is 1. The molecule has 0 saturated carbocycles. The molecule has 4 heterocycles. The topological polar surface area (TPSA) is 69.6 Å². The zero-order chi connectivity index (χ0) is 27.7. The Kier molecular flexibility index (Phi) is 7.64. The zero-order valence-corrected chi connectivity index (χ0v) is 22.4. The molecular formula is C28H33F3N6O2. The van der Waals surface area contributed by atoms with E-state index in [1.807, 2.05) is 23.7 Å². The van der Waals surface area contributed by atoms with Crippen molar-refractivity contribution in [3.8, 4) is 5.69 Å². The van der Waals surface area contributed by atoms with Crippen LogP contribution in [0.25, 0.3) is 11.2 Å². The molecule has 8 nitrogen and oxygen atoms in total. The molecule has 0 bridgehead atoms. The van der Waals surface area contributed by atoms with Gasteiger partial charge in [0.1, 0.15) is 12.2 Å². The van der Waals surface area contributed by atoms with Crippen LogP contribution in [-0.2, 0) is 24.5 Å². The van der Waals surface area contributed by atoms with Crippen LogP contribution in [0.3, 0.4) is 0 Å². The summed E-state index contributed by atoms with van der Waals surface area (Å²) in [5, 5.41) is 8.25. The number of pyridine rings is 1. The zero-order valence-electron chi connectivity index (χ0n) is 22.4. The molecule has 0 amide bonds. The molecule has 11 heteroatoms. The van der Waals surface area contributed by atoms with E-state index in [1.54, 1.807) is 31.8 Å². The number of methoxy groups -OCH3 is 1. The molecule has 5 rings (SSSR count). The van der Waals surface area contributed by atoms with Crippen LogP contribution in [0.2, 0.25) is 0 Å². The van der Waals surface area contributed by atoms with E-state index >= 15 is 0 Å². The number of hydrogen-bond donors (Lipinski definition) is 0. The number of nitrogens with zero attached hydrogens (tertiary/aromatic N) is 6. The number of alkyl halides is 3. The predicted molar refractivity (Wildman–Crippen MR) is 141 cm³/mol. The first kappa shape index (κ1) is 27.1. The molecule has 1 saturated heterocycles. The summed E-state index contributed by atoms with van der Waals surface area (Å²) >= 11 is 0. The van der Waals surface area contributed by atoms with E-state index in [-0.39, 0.29) is 11.4 Å². The monoisotopic (exact) mass is 542 g/mol. The Morgan fingerprint density at radius 2 is 2.03 bits per heavy atom. The molecule has 0 spiro atoms. The van der Waals surface area contributed by atoms with E-state index in [2.05, 4.69) is 22.0 Å². The maximum absolute atomic E-state index is 14.2. The maximum Gasteiger partial charge on any atom is 0.418 e. The Morgan fingerprint density at radius 3 is 2.72 bits per heavy atom. The largest absolute Gasteiger partial charge is 0.418 e. The number of likely N-dealkylation sites (tertiary alicyclic amines) is 1. The average molecular weight is 543 g/mol. The Balaban J connectivity index is 1.57. The second kappa shape index (κ2) is 11.0. The van der Waals surface area contributed by atoms with Crippen molar-refractivity contribution in [2.45, 2.75) is 44.8 Å². The molecule has 39 heavy (non-hydrogen) atoms. The van der Waals surface area contributed by atoms with Crippen molar-refractivity contribution in [3.05, 3.63) is 82.1 Å². The van der Waals surface area contributed by atoms with E-state index in [4.69, 9.17) is 4.74 Å². The summed E-state index contributed by atoms with van der Waals surface area (Å²) in [6.07, 6.45) is 2.60. The van der Waals surface area contributed by atoms with Crippen LogP contribution in [0.4, 0.5) is 13.2 Å². The molecule has 1 aliphatic rings. The standard InChI is InChI=1S/C28H33F3N6O2/c1-19-6-5-10-35(14-19)15-20-12-24(28(29,30)31)25-17-36(27(38)37(25)16-20)22-8-4-7-21(13-22)23(9-11-39-3)26-33-32-18-34(26)2/h4,7-8,12-13,16-19,23H,5-6,9-11,14-15H2,1-3H3/t19-,23-/m0/s1. The number of aromatic nitrogens is 5. The minimum atomic E-state index is -4.60. The maximum atomic E-state index is 14.2. The Labute approximate surface area is 224 Å². The number of piperidine rings is 1. The van der Waals surface area contributed by atoms with Crippen molar-refractivity contribution >= 4 is 5.52 Å². The molecular weight excluding hydrogens is 509 g/mol. The summed E-state index contributed by atoms with van der Waals surface area (Å²) in [7, 11) is 3.47. The first-order chi connectivity index (χ1) is 18.7. The highest BCUT2D eigenvalue weighted by atomic mass is 19.4. The molecule has 0 aliphatic carbocycles. The molecule has 0 radical (unpaired) electrons. The lowest BCUT2D eigenvalue weighted by molar-refractivity contribution is -0.136. The van der Waals surface area contributed by atoms with Crippen LogP contribution in [0, 0.1) is 5.92 Å². The second-order valence-corrected chi connectivity index (χ2v) is 10.5. The minimum absolute atomic E-state index is 0.169. The Morgan fingerprint density at radius 1 is 1.21 bits per heavy atom. The van der Waals surface area contributed by atoms with Gasteiger partial charge in [0.2, 0.25) is 0 Å². The quantitative estimate of drug-likeness (QED) is 0.325. The van der Waals surface area contributed by atoms with E-state index in [1.165, 1.54) is 16.8 Å². The van der Waals surface area contributed by atoms with Gasteiger partial charge in [0.25, 0.3) is 0 Å². The van der Waals surface area contributed by atoms with Gasteiger partial charge in [-0.2, -0.15) is 13.2 Å². The summed E-state index contributed by atoms with van der Waals surface area (Å²) in [5.41, 5.74) is 0.282. The van der Waals surface area contributed by atoms with Crippen molar-refractivity contribution in [2.24, 2.45) is 13.0 Å². The molecule has 0 N–H and O–H groups in total. The fraction of sp³-hybridized carbons (Fsp3) is 0.464. The highest BCUT2D eigenvalue weighted by molar-refractivity contribution is 5.58. The molecule has 1 fully saturated rings. The number of benzene rings is 1. The SMILES string of the molecule is COCC[C@@H](c1cccc(-n2cc3c(C(F)(F)F)cc(CN4CCC[C@H](C)C4)cn3c2=O)c1)c1nncn1C. The van der Waals surface area contributed by atoms with Gasteiger partial charge in [-0.1, -0.05) is 19.1 Å². The lowest BCUT2D eigenvalue weighted by Gasteiger charge is -2.31. The first-order valence-electron chi connectivity index (χ1n) is 13.1. The highest BCUT2D eigenvalue weighted by Gasteiger charge is 2.35. The number of fused-ring (bicyclic) bond motifs is 1. The summed E-state index contributed by atoms with van der Waals surface area (Å²) < 4.78 is 52.1. The molecule has 208 valence electrons. The van der Waals surface area contributed by atoms with Crippen molar-refractivity contribution in [1.82, 2.24) is 28.6 Å². The third kappa shape index (κ3) is 5.65. The fourth-order valence-electron chi connectivity index (χ4n) is 5.61. The average Bonchev–Trinajstić information content (AvgIpc) is 3.46. The van der Waals surface area contributed by atoms with Gasteiger partial charge in [-0.15, -0.1) is 10.2 Å². The van der Waals surface area contributed by atoms with E-state index in [0.29, 0.717) is 36.7 Å². The molecule has 3 aromatic heterocycles. The number of aryl methyl sites for hydroxylation is 1. The summed E-state index contributed by atoms with van der Waals surface area (Å²) in [4.78, 5) is 15.7. The van der Waals surface area contributed by atoms with Crippen LogP contribution in [0.1, 0.15) is 54.6 Å². The number of halogens is 3. The van der Waals surface area contributed by atoms with Crippen LogP contribution >= 0.6 is 0 Å². The van der Waals surface area contributed by atoms with Gasteiger partial charge in [-0.25, -0.2) is 4.79 Å². The highest BCUT2D eigenvalue weighted by Crippen LogP contribution is 2.34. The number of ether oxygens (including phenoxy) is 1. The molecule has 2 atom stereocenters. The Hall–Kier alpha value is -3.44. The van der Waals surface area contributed by atoms with Gasteiger partial charge >= 0.3 is 11.9 Å². The lowest BCUT2D eigenvalue weighted by Crippen LogP contribution is -2.34. The predicted octanol–water partition coefficient (Wildman–Crippen LogP) is 4.64. The third-order valence-corrected chi connectivity index (χ3v) is 7.50. The van der Waals surface area contributed by atoms with Gasteiger partial charge in [0, 0.05) is 52.2 Å². The summed E-state index contributed by atoms with van der Waals surface area (Å²) in [5.74, 6) is 1.05. The minimum Gasteiger partial charge on any atom is -0.385 e. The van der Waals surface area contributed by atoms with Crippen molar-refractivity contribution in [1.29, 1.82) is 0 Å². The molecule has 1 aromatic carbocycles. The van der Waals surface area contributed by atoms with Crippen LogP contribution in [0.15, 0.2) is 53.8 Å². The van der Waals surface area contributed by atoms with E-state index in [0.717, 1.165) is 41.7 Å². The Bertz CT molecular complexity index is 1510. The van der Waals surface area contributed by atoms with Gasteiger partial charge in [-0.3, -0.25) is 13.9 Å². The van der Waals surface area contributed by atoms with Gasteiger partial charge in [0.05, 0.1) is 16.8 Å². The molecule has 4 aromatic rings. The van der Waals surface area contributed by atoms with Crippen molar-refractivity contribution < 1.29 is 17.9 Å². The number of rotatable bonds is 8. The second-order valence-electron chi connectivity index (χ2n) is 10.5. The van der Waals surface area contributed by atoms with Crippen LogP contribution in [-0.4, -0.2) is 55.4 Å². The van der Waals surface area contributed by atoms with Crippen molar-refractivity contribution in [3.63, 3.8) is 0 Å². The summed E-state index contributed by atoms with van der Waals surface area (Å²) in [6.45, 7) is 4.67. The molecule has 1 aliphatic heterocycles. The van der Waals surface area contributed by atoms with E-state index in [9.17, 15) is 18.0 Å². The third-order valence-electron chi connectivity index (χ3n) is 7.50. The van der Waals surface area contributed by atoms with Gasteiger partial charge in [0.15, 0.2) is 0 Å². The normalized spacial score (nSPS) is 17.6. The van der Waals surface area contributed by atoms with Crippen LogP contribution < -0.4 is 5.69 Å². The fourth-order valence-corrected chi connectivity index (χ4v) is 5.61. The summed E-state index contributed by atoms with van der Waals surface area (Å²) in [6, 6.07) is 8.43. The van der Waals surface area contributed by atoms with Gasteiger partial charge in [-0.05, 0) is 61.1 Å². The van der Waals surface area contributed by atoms with E-state index < -0.39 is 17.4 Å². The lowest BCUT2D eigenvalue weighted by atomic mass is 9.94. The first-order valence-corrected chi connectivity index (χ1v) is 13.1. The smallest absolute Gasteiger partial charge is 0.385 e. The van der Waals surface area contributed by atoms with Crippen LogP contribution in [0.5, 0.6) is 0 Å². The van der Waals surface area contributed by atoms with Gasteiger partial charge < -0.3 is 9.30 Å². The number of hydrogen-bond acceptors (Lipinski definition) is 5. The van der Waals surface area contributed by atoms with Crippen molar-refractivity contribution in [2.75, 3.05) is 26.8 Å².